The highest BCUT2D eigenvalue weighted by molar-refractivity contribution is 6.30. The molecule has 148 valence electrons. The van der Waals surface area contributed by atoms with Gasteiger partial charge < -0.3 is 20.3 Å². The van der Waals surface area contributed by atoms with Gasteiger partial charge in [-0.25, -0.2) is 4.79 Å². The molecule has 2 rings (SSSR count). The maximum absolute atomic E-state index is 12.5. The van der Waals surface area contributed by atoms with Crippen LogP contribution in [0.2, 0.25) is 5.02 Å². The number of amides is 3. The fraction of sp³-hybridized carbons (Fsp3) is 0.526. The number of carbonyl (C=O) groups is 3. The van der Waals surface area contributed by atoms with E-state index in [0.29, 0.717) is 24.5 Å². The molecule has 0 saturated carbocycles. The number of hydrogen-bond donors (Lipinski definition) is 2. The van der Waals surface area contributed by atoms with Crippen LogP contribution < -0.4 is 10.6 Å². The Morgan fingerprint density at radius 3 is 2.67 bits per heavy atom. The van der Waals surface area contributed by atoms with Gasteiger partial charge in [-0.1, -0.05) is 23.7 Å². The molecule has 1 heterocycles. The van der Waals surface area contributed by atoms with Crippen LogP contribution in [0.4, 0.5) is 4.79 Å². The van der Waals surface area contributed by atoms with Gasteiger partial charge in [0.1, 0.15) is 18.2 Å². The highest BCUT2D eigenvalue weighted by Gasteiger charge is 2.34. The third-order valence-electron chi connectivity index (χ3n) is 4.01. The molecule has 0 unspecified atom stereocenters. The molecule has 27 heavy (non-hydrogen) atoms. The number of hydrogen-bond acceptors (Lipinski definition) is 4. The maximum atomic E-state index is 12.5. The summed E-state index contributed by atoms with van der Waals surface area (Å²) in [4.78, 5) is 38.1. The van der Waals surface area contributed by atoms with E-state index < -0.39 is 17.7 Å². The van der Waals surface area contributed by atoms with Crippen LogP contribution in [-0.2, 0) is 20.9 Å². The molecule has 0 bridgehead atoms. The van der Waals surface area contributed by atoms with E-state index in [0.717, 1.165) is 12.0 Å². The fourth-order valence-electron chi connectivity index (χ4n) is 2.86. The van der Waals surface area contributed by atoms with Gasteiger partial charge in [-0.15, -0.1) is 0 Å². The molecule has 1 aromatic carbocycles. The topological polar surface area (TPSA) is 87.7 Å². The lowest BCUT2D eigenvalue weighted by Gasteiger charge is -2.25. The number of nitrogens with zero attached hydrogens (tertiary/aromatic N) is 1. The normalized spacial score (nSPS) is 16.7. The molecule has 2 N–H and O–H groups in total. The summed E-state index contributed by atoms with van der Waals surface area (Å²) >= 11 is 5.94. The zero-order valence-corrected chi connectivity index (χ0v) is 16.6. The zero-order valence-electron chi connectivity index (χ0n) is 15.9. The first-order chi connectivity index (χ1) is 12.7. The molecule has 0 radical (unpaired) electrons. The second-order valence-electron chi connectivity index (χ2n) is 7.45. The zero-order chi connectivity index (χ0) is 20.0. The van der Waals surface area contributed by atoms with Crippen molar-refractivity contribution in [3.05, 3.63) is 34.9 Å². The fourth-order valence-corrected chi connectivity index (χ4v) is 3.07. The average molecular weight is 396 g/mol. The van der Waals surface area contributed by atoms with Gasteiger partial charge in [-0.3, -0.25) is 9.59 Å². The van der Waals surface area contributed by atoms with E-state index in [9.17, 15) is 14.4 Å². The number of likely N-dealkylation sites (tertiary alicyclic amines) is 1. The van der Waals surface area contributed by atoms with Crippen molar-refractivity contribution in [2.45, 2.75) is 51.8 Å². The Bertz CT molecular complexity index is 702. The van der Waals surface area contributed by atoms with Gasteiger partial charge in [0, 0.05) is 18.1 Å². The minimum atomic E-state index is -0.656. The van der Waals surface area contributed by atoms with Gasteiger partial charge in [0.2, 0.25) is 11.8 Å². The molecule has 8 heteroatoms. The van der Waals surface area contributed by atoms with Gasteiger partial charge in [-0.05, 0) is 51.3 Å². The lowest BCUT2D eigenvalue weighted by molar-refractivity contribution is -0.137. The largest absolute Gasteiger partial charge is 0.444 e. The van der Waals surface area contributed by atoms with Crippen molar-refractivity contribution in [2.75, 3.05) is 13.1 Å². The first kappa shape index (κ1) is 21.0. The van der Waals surface area contributed by atoms with Gasteiger partial charge in [0.15, 0.2) is 0 Å². The molecule has 0 spiro atoms. The van der Waals surface area contributed by atoms with E-state index in [-0.39, 0.29) is 18.4 Å². The van der Waals surface area contributed by atoms with E-state index in [4.69, 9.17) is 16.3 Å². The molecule has 1 atom stereocenters. The lowest BCUT2D eigenvalue weighted by Crippen LogP contribution is -2.49. The van der Waals surface area contributed by atoms with Crippen LogP contribution in [0, 0.1) is 0 Å². The summed E-state index contributed by atoms with van der Waals surface area (Å²) in [7, 11) is 0. The second-order valence-corrected chi connectivity index (χ2v) is 7.88. The third-order valence-corrected chi connectivity index (χ3v) is 4.25. The quantitative estimate of drug-likeness (QED) is 0.801. The molecular weight excluding hydrogens is 370 g/mol. The van der Waals surface area contributed by atoms with Crippen molar-refractivity contribution in [2.24, 2.45) is 0 Å². The summed E-state index contributed by atoms with van der Waals surface area (Å²) in [5, 5.41) is 5.89. The molecule has 3 amide bonds. The molecular formula is C19H26ClN3O4. The standard InChI is InChI=1S/C19H26ClN3O4/c1-19(2,3)27-18(26)22-12-16(24)23-9-5-8-15(23)17(25)21-11-13-6-4-7-14(20)10-13/h4,6-7,10,15H,5,8-9,11-12H2,1-3H3,(H,21,25)(H,22,26)/t15-/m0/s1. The number of carbonyl (C=O) groups excluding carboxylic acids is 3. The Morgan fingerprint density at radius 2 is 2.00 bits per heavy atom. The van der Waals surface area contributed by atoms with Crippen LogP contribution in [-0.4, -0.2) is 47.5 Å². The van der Waals surface area contributed by atoms with Crippen molar-refractivity contribution in [1.29, 1.82) is 0 Å². The molecule has 1 aliphatic heterocycles. The number of benzene rings is 1. The van der Waals surface area contributed by atoms with Crippen molar-refractivity contribution >= 4 is 29.5 Å². The van der Waals surface area contributed by atoms with E-state index >= 15 is 0 Å². The van der Waals surface area contributed by atoms with Gasteiger partial charge >= 0.3 is 6.09 Å². The van der Waals surface area contributed by atoms with Crippen molar-refractivity contribution in [3.8, 4) is 0 Å². The monoisotopic (exact) mass is 395 g/mol. The summed E-state index contributed by atoms with van der Waals surface area (Å²) in [6.07, 6.45) is 0.685. The number of alkyl carbamates (subject to hydrolysis) is 1. The third kappa shape index (κ3) is 6.75. The summed E-state index contributed by atoms with van der Waals surface area (Å²) in [5.74, 6) is -0.514. The molecule has 1 fully saturated rings. The van der Waals surface area contributed by atoms with Crippen LogP contribution in [0.25, 0.3) is 0 Å². The molecule has 1 aliphatic rings. The summed E-state index contributed by atoms with van der Waals surface area (Å²) in [6.45, 7) is 5.87. The van der Waals surface area contributed by atoms with E-state index in [1.165, 1.54) is 4.90 Å². The highest BCUT2D eigenvalue weighted by atomic mass is 35.5. The van der Waals surface area contributed by atoms with Crippen molar-refractivity contribution in [3.63, 3.8) is 0 Å². The molecule has 0 aliphatic carbocycles. The summed E-state index contributed by atoms with van der Waals surface area (Å²) < 4.78 is 5.11. The van der Waals surface area contributed by atoms with Gasteiger partial charge in [0.25, 0.3) is 0 Å². The minimum Gasteiger partial charge on any atom is -0.444 e. The van der Waals surface area contributed by atoms with Crippen LogP contribution in [0.5, 0.6) is 0 Å². The number of ether oxygens (including phenoxy) is 1. The van der Waals surface area contributed by atoms with Crippen molar-refractivity contribution < 1.29 is 19.1 Å². The van der Waals surface area contributed by atoms with Crippen LogP contribution >= 0.6 is 11.6 Å². The molecule has 1 aromatic rings. The molecule has 7 nitrogen and oxygen atoms in total. The first-order valence-corrected chi connectivity index (χ1v) is 9.32. The second kappa shape index (κ2) is 9.08. The van der Waals surface area contributed by atoms with E-state index in [1.807, 2.05) is 12.1 Å². The Morgan fingerprint density at radius 1 is 1.26 bits per heavy atom. The van der Waals surface area contributed by atoms with Crippen LogP contribution in [0.15, 0.2) is 24.3 Å². The molecule has 1 saturated heterocycles. The Hall–Kier alpha value is -2.28. The summed E-state index contributed by atoms with van der Waals surface area (Å²) in [6, 6.07) is 6.70. The Balaban J connectivity index is 1.85. The Labute approximate surface area is 164 Å². The SMILES string of the molecule is CC(C)(C)OC(=O)NCC(=O)N1CCC[C@H]1C(=O)NCc1cccc(Cl)c1. The number of rotatable bonds is 5. The lowest BCUT2D eigenvalue weighted by atomic mass is 10.2. The Kier molecular flexibility index (Phi) is 7.07. The van der Waals surface area contributed by atoms with E-state index in [2.05, 4.69) is 10.6 Å². The van der Waals surface area contributed by atoms with Crippen molar-refractivity contribution in [1.82, 2.24) is 15.5 Å². The minimum absolute atomic E-state index is 0.201. The van der Waals surface area contributed by atoms with Gasteiger partial charge in [-0.2, -0.15) is 0 Å². The average Bonchev–Trinajstić information content (AvgIpc) is 3.06. The summed E-state index contributed by atoms with van der Waals surface area (Å²) in [5.41, 5.74) is 0.252. The maximum Gasteiger partial charge on any atom is 0.408 e. The van der Waals surface area contributed by atoms with Crippen LogP contribution in [0.1, 0.15) is 39.2 Å². The predicted octanol–water partition coefficient (Wildman–Crippen LogP) is 2.47. The van der Waals surface area contributed by atoms with Crippen LogP contribution in [0.3, 0.4) is 0 Å². The van der Waals surface area contributed by atoms with Gasteiger partial charge in [0.05, 0.1) is 0 Å². The number of halogens is 1. The van der Waals surface area contributed by atoms with E-state index in [1.54, 1.807) is 32.9 Å². The predicted molar refractivity (Wildman–Crippen MR) is 102 cm³/mol. The molecule has 0 aromatic heterocycles. The smallest absolute Gasteiger partial charge is 0.408 e. The first-order valence-electron chi connectivity index (χ1n) is 8.94. The number of nitrogens with one attached hydrogen (secondary N) is 2. The highest BCUT2D eigenvalue weighted by Crippen LogP contribution is 2.18.